The van der Waals surface area contributed by atoms with E-state index in [0.717, 1.165) is 16.0 Å². The number of rotatable bonds is 10. The molecular formula is C22H27NO7S2. The molecule has 2 aromatic rings. The zero-order chi connectivity index (χ0) is 23.9. The van der Waals surface area contributed by atoms with Crippen LogP contribution < -0.4 is 5.32 Å². The molecule has 2 rings (SSSR count). The first-order valence-corrected chi connectivity index (χ1v) is 12.6. The SMILES string of the molecule is CCOC(=O)c1c(NC(=O)COC(=O)CCS(=O)(=O)c2ccc(C)cc2)sc(C)c1CC. The van der Waals surface area contributed by atoms with Gasteiger partial charge in [0.2, 0.25) is 0 Å². The third-order valence-corrected chi connectivity index (χ3v) is 7.41. The average Bonchev–Trinajstić information content (AvgIpc) is 3.06. The number of nitrogens with one attached hydrogen (secondary N) is 1. The number of ether oxygens (including phenoxy) is 2. The quantitative estimate of drug-likeness (QED) is 0.517. The van der Waals surface area contributed by atoms with Gasteiger partial charge in [-0.1, -0.05) is 24.6 Å². The summed E-state index contributed by atoms with van der Waals surface area (Å²) < 4.78 is 34.6. The lowest BCUT2D eigenvalue weighted by Gasteiger charge is -2.09. The molecule has 0 fully saturated rings. The molecule has 0 saturated carbocycles. The Morgan fingerprint density at radius 1 is 1.03 bits per heavy atom. The molecule has 0 aliphatic rings. The number of carbonyl (C=O) groups excluding carboxylic acids is 3. The van der Waals surface area contributed by atoms with Gasteiger partial charge in [-0.3, -0.25) is 9.59 Å². The highest BCUT2D eigenvalue weighted by molar-refractivity contribution is 7.91. The largest absolute Gasteiger partial charge is 0.462 e. The van der Waals surface area contributed by atoms with Crippen LogP contribution in [0.3, 0.4) is 0 Å². The predicted molar refractivity (Wildman–Crippen MR) is 122 cm³/mol. The molecule has 1 aromatic carbocycles. The van der Waals surface area contributed by atoms with Gasteiger partial charge in [-0.05, 0) is 44.9 Å². The van der Waals surface area contributed by atoms with Crippen molar-refractivity contribution in [3.63, 3.8) is 0 Å². The van der Waals surface area contributed by atoms with Crippen LogP contribution in [-0.2, 0) is 35.3 Å². The van der Waals surface area contributed by atoms with Crippen LogP contribution in [0.4, 0.5) is 5.00 Å². The number of hydrogen-bond donors (Lipinski definition) is 1. The van der Waals surface area contributed by atoms with Gasteiger partial charge >= 0.3 is 11.9 Å². The van der Waals surface area contributed by atoms with E-state index < -0.39 is 40.0 Å². The zero-order valence-corrected chi connectivity index (χ0v) is 20.2. The van der Waals surface area contributed by atoms with Gasteiger partial charge in [0.05, 0.1) is 29.2 Å². The Kier molecular flexibility index (Phi) is 8.97. The third kappa shape index (κ3) is 6.64. The van der Waals surface area contributed by atoms with Gasteiger partial charge in [-0.15, -0.1) is 11.3 Å². The second-order valence-corrected chi connectivity index (χ2v) is 10.3. The summed E-state index contributed by atoms with van der Waals surface area (Å²) >= 11 is 1.24. The minimum atomic E-state index is -3.64. The van der Waals surface area contributed by atoms with Crippen molar-refractivity contribution in [1.82, 2.24) is 0 Å². The Labute approximate surface area is 191 Å². The number of anilines is 1. The van der Waals surface area contributed by atoms with E-state index in [2.05, 4.69) is 5.32 Å². The van der Waals surface area contributed by atoms with E-state index in [1.165, 1.54) is 23.5 Å². The van der Waals surface area contributed by atoms with Crippen molar-refractivity contribution in [2.24, 2.45) is 0 Å². The van der Waals surface area contributed by atoms with Gasteiger partial charge in [0, 0.05) is 4.88 Å². The first kappa shape index (κ1) is 25.5. The summed E-state index contributed by atoms with van der Waals surface area (Å²) in [6.07, 6.45) is 0.215. The number of sulfone groups is 1. The van der Waals surface area contributed by atoms with Gasteiger partial charge in [0.1, 0.15) is 5.00 Å². The standard InChI is InChI=1S/C22H27NO7S2/c1-5-17-15(4)31-21(20(17)22(26)29-6-2)23-18(24)13-30-19(25)11-12-32(27,28)16-9-7-14(3)8-10-16/h7-10H,5-6,11-13H2,1-4H3,(H,23,24). The molecule has 1 amide bonds. The lowest BCUT2D eigenvalue weighted by molar-refractivity contribution is -0.146. The molecule has 0 bridgehead atoms. The van der Waals surface area contributed by atoms with Gasteiger partial charge in [-0.2, -0.15) is 0 Å². The topological polar surface area (TPSA) is 116 Å². The molecule has 0 saturated heterocycles. The van der Waals surface area contributed by atoms with Crippen molar-refractivity contribution < 1.29 is 32.3 Å². The minimum Gasteiger partial charge on any atom is -0.462 e. The van der Waals surface area contributed by atoms with Crippen LogP contribution in [0.5, 0.6) is 0 Å². The first-order chi connectivity index (χ1) is 15.1. The summed E-state index contributed by atoms with van der Waals surface area (Å²) in [4.78, 5) is 37.5. The molecule has 1 aromatic heterocycles. The van der Waals surface area contributed by atoms with Crippen LogP contribution in [0.25, 0.3) is 0 Å². The van der Waals surface area contributed by atoms with Crippen molar-refractivity contribution >= 4 is 44.0 Å². The molecule has 0 atom stereocenters. The van der Waals surface area contributed by atoms with Crippen LogP contribution in [-0.4, -0.2) is 45.2 Å². The summed E-state index contributed by atoms with van der Waals surface area (Å²) in [7, 11) is -3.64. The van der Waals surface area contributed by atoms with Crippen LogP contribution in [0.2, 0.25) is 0 Å². The van der Waals surface area contributed by atoms with Gasteiger partial charge in [0.15, 0.2) is 16.4 Å². The Hall–Kier alpha value is -2.72. The van der Waals surface area contributed by atoms with Crippen LogP contribution in [0.15, 0.2) is 29.2 Å². The summed E-state index contributed by atoms with van der Waals surface area (Å²) in [6, 6.07) is 6.32. The second kappa shape index (κ2) is 11.2. The summed E-state index contributed by atoms with van der Waals surface area (Å²) in [6.45, 7) is 6.89. The molecule has 0 radical (unpaired) electrons. The summed E-state index contributed by atoms with van der Waals surface area (Å²) in [5, 5.41) is 2.92. The maximum atomic E-state index is 12.3. The fourth-order valence-corrected chi connectivity index (χ4v) is 5.34. The average molecular weight is 482 g/mol. The van der Waals surface area contributed by atoms with Crippen LogP contribution >= 0.6 is 11.3 Å². The molecule has 32 heavy (non-hydrogen) atoms. The number of hydrogen-bond acceptors (Lipinski definition) is 8. The van der Waals surface area contributed by atoms with Crippen LogP contribution in [0.1, 0.15) is 46.6 Å². The monoisotopic (exact) mass is 481 g/mol. The summed E-state index contributed by atoms with van der Waals surface area (Å²) in [5.41, 5.74) is 2.02. The van der Waals surface area contributed by atoms with Gasteiger partial charge in [0.25, 0.3) is 5.91 Å². The molecule has 0 aliphatic carbocycles. The van der Waals surface area contributed by atoms with E-state index in [9.17, 15) is 22.8 Å². The fraction of sp³-hybridized carbons (Fsp3) is 0.409. The van der Waals surface area contributed by atoms with E-state index >= 15 is 0 Å². The van der Waals surface area contributed by atoms with Gasteiger partial charge in [-0.25, -0.2) is 13.2 Å². The fourth-order valence-electron chi connectivity index (χ4n) is 2.97. The van der Waals surface area contributed by atoms with E-state index in [0.29, 0.717) is 17.0 Å². The van der Waals surface area contributed by atoms with Gasteiger partial charge < -0.3 is 14.8 Å². The Bertz CT molecular complexity index is 1090. The smallest absolute Gasteiger partial charge is 0.341 e. The molecule has 1 N–H and O–H groups in total. The van der Waals surface area contributed by atoms with Crippen molar-refractivity contribution in [1.29, 1.82) is 0 Å². The highest BCUT2D eigenvalue weighted by atomic mass is 32.2. The number of carbonyl (C=O) groups is 3. The minimum absolute atomic E-state index is 0.125. The van der Waals surface area contributed by atoms with Crippen molar-refractivity contribution in [3.8, 4) is 0 Å². The normalized spacial score (nSPS) is 11.1. The highest BCUT2D eigenvalue weighted by Gasteiger charge is 2.24. The number of aryl methyl sites for hydroxylation is 2. The van der Waals surface area contributed by atoms with Crippen LogP contribution in [0, 0.1) is 13.8 Å². The Morgan fingerprint density at radius 2 is 1.69 bits per heavy atom. The Balaban J connectivity index is 1.93. The molecule has 0 aliphatic heterocycles. The number of thiophene rings is 1. The molecule has 174 valence electrons. The van der Waals surface area contributed by atoms with E-state index in [-0.39, 0.29) is 17.9 Å². The number of esters is 2. The number of amides is 1. The lowest BCUT2D eigenvalue weighted by atomic mass is 10.1. The third-order valence-electron chi connectivity index (χ3n) is 4.61. The zero-order valence-electron chi connectivity index (χ0n) is 18.5. The van der Waals surface area contributed by atoms with E-state index in [4.69, 9.17) is 9.47 Å². The molecule has 8 nitrogen and oxygen atoms in total. The maximum Gasteiger partial charge on any atom is 0.341 e. The summed E-state index contributed by atoms with van der Waals surface area (Å²) in [5.74, 6) is -2.39. The van der Waals surface area contributed by atoms with Crippen molar-refractivity contribution in [3.05, 3.63) is 45.8 Å². The lowest BCUT2D eigenvalue weighted by Crippen LogP contribution is -2.23. The molecular weight excluding hydrogens is 454 g/mol. The molecule has 1 heterocycles. The van der Waals surface area contributed by atoms with E-state index in [1.807, 2.05) is 20.8 Å². The first-order valence-electron chi connectivity index (χ1n) is 10.1. The molecule has 0 spiro atoms. The van der Waals surface area contributed by atoms with Crippen molar-refractivity contribution in [2.75, 3.05) is 24.3 Å². The molecule has 0 unspecified atom stereocenters. The maximum absolute atomic E-state index is 12.3. The Morgan fingerprint density at radius 3 is 2.28 bits per heavy atom. The molecule has 10 heteroatoms. The van der Waals surface area contributed by atoms with E-state index in [1.54, 1.807) is 19.1 Å². The predicted octanol–water partition coefficient (Wildman–Crippen LogP) is 3.45. The highest BCUT2D eigenvalue weighted by Crippen LogP contribution is 2.34. The number of benzene rings is 1. The van der Waals surface area contributed by atoms with Crippen molar-refractivity contribution in [2.45, 2.75) is 45.4 Å². The second-order valence-electron chi connectivity index (χ2n) is 7.01.